The summed E-state index contributed by atoms with van der Waals surface area (Å²) in [5.41, 5.74) is 2.79. The first-order chi connectivity index (χ1) is 14.2. The zero-order chi connectivity index (χ0) is 20.2. The smallest absolute Gasteiger partial charge is 0.312 e. The number of rotatable bonds is 7. The molecule has 0 amide bonds. The fraction of sp³-hybridized carbons (Fsp3) is 0.190. The van der Waals surface area contributed by atoms with Gasteiger partial charge in [-0.25, -0.2) is 4.98 Å². The van der Waals surface area contributed by atoms with E-state index in [0.29, 0.717) is 28.5 Å². The first kappa shape index (κ1) is 18.9. The van der Waals surface area contributed by atoms with E-state index in [-0.39, 0.29) is 19.0 Å². The molecule has 0 spiro atoms. The molecule has 2 aromatic carbocycles. The van der Waals surface area contributed by atoms with Crippen LogP contribution >= 0.6 is 11.3 Å². The quantitative estimate of drug-likeness (QED) is 0.421. The average molecular weight is 410 g/mol. The van der Waals surface area contributed by atoms with Gasteiger partial charge in [-0.05, 0) is 30.3 Å². The highest BCUT2D eigenvalue weighted by atomic mass is 32.1. The molecule has 8 heteroatoms. The Kier molecular flexibility index (Phi) is 5.44. The van der Waals surface area contributed by atoms with Crippen LogP contribution in [0.3, 0.4) is 0 Å². The van der Waals surface area contributed by atoms with Crippen molar-refractivity contribution in [2.45, 2.75) is 13.0 Å². The van der Waals surface area contributed by atoms with Gasteiger partial charge in [0.25, 0.3) is 0 Å². The number of para-hydroxylation sites is 1. The Hall–Kier alpha value is -3.39. The monoisotopic (exact) mass is 410 g/mol. The number of hydrogen-bond donors (Lipinski definition) is 0. The molecule has 0 saturated carbocycles. The summed E-state index contributed by atoms with van der Waals surface area (Å²) in [6.07, 6.45) is 0.0453. The molecular formula is C21H18N2O5S. The maximum Gasteiger partial charge on any atom is 0.312 e. The van der Waals surface area contributed by atoms with E-state index in [1.807, 2.05) is 47.8 Å². The van der Waals surface area contributed by atoms with Gasteiger partial charge in [-0.1, -0.05) is 17.3 Å². The third kappa shape index (κ3) is 4.07. The van der Waals surface area contributed by atoms with Gasteiger partial charge in [0.1, 0.15) is 17.3 Å². The summed E-state index contributed by atoms with van der Waals surface area (Å²) in [6.45, 7) is 0.0956. The van der Waals surface area contributed by atoms with Crippen LogP contribution in [0.25, 0.3) is 21.5 Å². The van der Waals surface area contributed by atoms with Crippen LogP contribution in [-0.4, -0.2) is 30.3 Å². The predicted octanol–water partition coefficient (Wildman–Crippen LogP) is 4.25. The largest absolute Gasteiger partial charge is 0.493 e. The van der Waals surface area contributed by atoms with Gasteiger partial charge in [0.2, 0.25) is 0 Å². The van der Waals surface area contributed by atoms with E-state index in [2.05, 4.69) is 10.1 Å². The van der Waals surface area contributed by atoms with Gasteiger partial charge in [-0.3, -0.25) is 4.79 Å². The Bertz CT molecular complexity index is 1150. The van der Waals surface area contributed by atoms with Crippen LogP contribution in [0.2, 0.25) is 0 Å². The van der Waals surface area contributed by atoms with E-state index in [0.717, 1.165) is 16.0 Å². The van der Waals surface area contributed by atoms with Crippen LogP contribution in [-0.2, 0) is 22.6 Å². The van der Waals surface area contributed by atoms with Gasteiger partial charge in [-0.15, -0.1) is 11.3 Å². The van der Waals surface area contributed by atoms with E-state index in [1.54, 1.807) is 14.2 Å². The molecule has 0 atom stereocenters. The topological polar surface area (TPSA) is 83.7 Å². The first-order valence-electron chi connectivity index (χ1n) is 8.83. The predicted molar refractivity (Wildman–Crippen MR) is 108 cm³/mol. The molecule has 2 heterocycles. The number of aromatic nitrogens is 2. The number of esters is 1. The number of ether oxygens (including phenoxy) is 3. The van der Waals surface area contributed by atoms with Gasteiger partial charge >= 0.3 is 5.97 Å². The van der Waals surface area contributed by atoms with E-state index in [1.165, 1.54) is 11.3 Å². The zero-order valence-electron chi connectivity index (χ0n) is 15.9. The number of thiazole rings is 1. The van der Waals surface area contributed by atoms with Gasteiger partial charge in [-0.2, -0.15) is 0 Å². The Labute approximate surface area is 170 Å². The van der Waals surface area contributed by atoms with Crippen LogP contribution in [0, 0.1) is 0 Å². The van der Waals surface area contributed by atoms with E-state index < -0.39 is 0 Å². The summed E-state index contributed by atoms with van der Waals surface area (Å²) in [5, 5.41) is 7.44. The maximum absolute atomic E-state index is 12.2. The molecule has 0 radical (unpaired) electrons. The molecule has 0 unspecified atom stereocenters. The van der Waals surface area contributed by atoms with Crippen molar-refractivity contribution in [2.75, 3.05) is 14.2 Å². The average Bonchev–Trinajstić information content (AvgIpc) is 3.39. The van der Waals surface area contributed by atoms with Gasteiger partial charge < -0.3 is 18.7 Å². The number of hydrogen-bond acceptors (Lipinski definition) is 8. The second kappa shape index (κ2) is 8.32. The third-order valence-corrected chi connectivity index (χ3v) is 5.27. The van der Waals surface area contributed by atoms with Crippen LogP contribution in [0.1, 0.15) is 11.4 Å². The maximum atomic E-state index is 12.2. The SMILES string of the molecule is COc1ccc(-c2nc(COC(=O)Cc3noc4ccccc34)cs2)cc1OC. The fourth-order valence-electron chi connectivity index (χ4n) is 2.88. The zero-order valence-corrected chi connectivity index (χ0v) is 16.7. The Balaban J connectivity index is 1.40. The number of fused-ring (bicyclic) bond motifs is 1. The molecule has 0 aliphatic heterocycles. The number of methoxy groups -OCH3 is 2. The highest BCUT2D eigenvalue weighted by Gasteiger charge is 2.14. The summed E-state index contributed by atoms with van der Waals surface area (Å²) < 4.78 is 21.2. The first-order valence-corrected chi connectivity index (χ1v) is 9.71. The molecule has 7 nitrogen and oxygen atoms in total. The molecule has 0 fully saturated rings. The molecular weight excluding hydrogens is 392 g/mol. The Morgan fingerprint density at radius 3 is 2.76 bits per heavy atom. The number of carbonyl (C=O) groups excluding carboxylic acids is 1. The summed E-state index contributed by atoms with van der Waals surface area (Å²) in [5.74, 6) is 0.903. The minimum atomic E-state index is -0.385. The van der Waals surface area contributed by atoms with Crippen molar-refractivity contribution in [1.82, 2.24) is 10.1 Å². The van der Waals surface area contributed by atoms with Crippen molar-refractivity contribution in [3.63, 3.8) is 0 Å². The van der Waals surface area contributed by atoms with Crippen LogP contribution in [0.4, 0.5) is 0 Å². The fourth-order valence-corrected chi connectivity index (χ4v) is 3.68. The van der Waals surface area contributed by atoms with Crippen molar-refractivity contribution < 1.29 is 23.5 Å². The van der Waals surface area contributed by atoms with Gasteiger partial charge in [0.15, 0.2) is 17.1 Å². The molecule has 2 aromatic heterocycles. The lowest BCUT2D eigenvalue weighted by atomic mass is 10.2. The third-order valence-electron chi connectivity index (χ3n) is 4.33. The molecule has 4 rings (SSSR count). The van der Waals surface area contributed by atoms with Gasteiger partial charge in [0, 0.05) is 16.3 Å². The molecule has 0 aliphatic carbocycles. The van der Waals surface area contributed by atoms with Crippen LogP contribution in [0.5, 0.6) is 11.5 Å². The minimum absolute atomic E-state index is 0.0453. The summed E-state index contributed by atoms with van der Waals surface area (Å²) in [6, 6.07) is 13.0. The van der Waals surface area contributed by atoms with E-state index in [9.17, 15) is 4.79 Å². The van der Waals surface area contributed by atoms with Gasteiger partial charge in [0.05, 0.1) is 26.3 Å². The lowest BCUT2D eigenvalue weighted by Crippen LogP contribution is -2.08. The number of nitrogens with zero attached hydrogens (tertiary/aromatic N) is 2. The Morgan fingerprint density at radius 1 is 1.10 bits per heavy atom. The minimum Gasteiger partial charge on any atom is -0.493 e. The van der Waals surface area contributed by atoms with Crippen LogP contribution in [0.15, 0.2) is 52.4 Å². The molecule has 0 aliphatic rings. The number of carbonyl (C=O) groups is 1. The second-order valence-corrected chi connectivity index (χ2v) is 7.03. The molecule has 4 aromatic rings. The lowest BCUT2D eigenvalue weighted by molar-refractivity contribution is -0.144. The highest BCUT2D eigenvalue weighted by molar-refractivity contribution is 7.13. The lowest BCUT2D eigenvalue weighted by Gasteiger charge is -2.08. The molecule has 0 N–H and O–H groups in total. The van der Waals surface area contributed by atoms with Crippen molar-refractivity contribution in [2.24, 2.45) is 0 Å². The molecule has 0 bridgehead atoms. The second-order valence-electron chi connectivity index (χ2n) is 6.18. The normalized spacial score (nSPS) is 10.8. The standard InChI is InChI=1S/C21H18N2O5S/c1-25-18-8-7-13(9-19(18)26-2)21-22-14(12-29-21)11-27-20(24)10-16-15-5-3-4-6-17(15)28-23-16/h3-9,12H,10-11H2,1-2H3. The van der Waals surface area contributed by atoms with E-state index >= 15 is 0 Å². The molecule has 148 valence electrons. The van der Waals surface area contributed by atoms with Crippen LogP contribution < -0.4 is 9.47 Å². The van der Waals surface area contributed by atoms with Crippen molar-refractivity contribution >= 4 is 28.3 Å². The number of benzene rings is 2. The summed E-state index contributed by atoms with van der Waals surface area (Å²) in [4.78, 5) is 16.7. The van der Waals surface area contributed by atoms with Crippen molar-refractivity contribution in [3.05, 3.63) is 59.2 Å². The van der Waals surface area contributed by atoms with Crippen molar-refractivity contribution in [1.29, 1.82) is 0 Å². The highest BCUT2D eigenvalue weighted by Crippen LogP contribution is 2.33. The van der Waals surface area contributed by atoms with E-state index in [4.69, 9.17) is 18.7 Å². The summed E-state index contributed by atoms with van der Waals surface area (Å²) in [7, 11) is 3.18. The molecule has 0 saturated heterocycles. The Morgan fingerprint density at radius 2 is 1.93 bits per heavy atom. The molecule has 29 heavy (non-hydrogen) atoms. The summed E-state index contributed by atoms with van der Waals surface area (Å²) >= 11 is 1.47. The van der Waals surface area contributed by atoms with Crippen molar-refractivity contribution in [3.8, 4) is 22.1 Å².